The maximum absolute atomic E-state index is 13.6. The first-order valence-corrected chi connectivity index (χ1v) is 5.59. The molecular formula is C13H9BrF2. The van der Waals surface area contributed by atoms with Crippen LogP contribution in [0.2, 0.25) is 0 Å². The van der Waals surface area contributed by atoms with Gasteiger partial charge in [0.25, 0.3) is 0 Å². The number of halogens is 3. The Kier molecular flexibility index (Phi) is 3.06. The van der Waals surface area contributed by atoms with Gasteiger partial charge in [0.05, 0.1) is 0 Å². The lowest BCUT2D eigenvalue weighted by molar-refractivity contribution is 0.623. The molecule has 82 valence electrons. The minimum atomic E-state index is -0.362. The summed E-state index contributed by atoms with van der Waals surface area (Å²) in [7, 11) is 0. The van der Waals surface area contributed by atoms with Crippen molar-refractivity contribution >= 4 is 15.9 Å². The van der Waals surface area contributed by atoms with Crippen molar-refractivity contribution in [2.24, 2.45) is 0 Å². The predicted octanol–water partition coefficient (Wildman–Crippen LogP) is 4.70. The number of rotatable bonds is 1. The minimum absolute atomic E-state index is 0.356. The average molecular weight is 283 g/mol. The van der Waals surface area contributed by atoms with Gasteiger partial charge in [0.1, 0.15) is 11.6 Å². The second-order valence-electron chi connectivity index (χ2n) is 3.61. The van der Waals surface area contributed by atoms with E-state index in [1.807, 2.05) is 0 Å². The second-order valence-corrected chi connectivity index (χ2v) is 4.47. The molecule has 0 amide bonds. The zero-order valence-corrected chi connectivity index (χ0v) is 10.2. The molecule has 0 spiro atoms. The molecule has 0 N–H and O–H groups in total. The predicted molar refractivity (Wildman–Crippen MR) is 64.2 cm³/mol. The van der Waals surface area contributed by atoms with E-state index in [1.54, 1.807) is 25.1 Å². The highest BCUT2D eigenvalue weighted by atomic mass is 79.9. The largest absolute Gasteiger partial charge is 0.207 e. The lowest BCUT2D eigenvalue weighted by atomic mass is 10.0. The number of aryl methyl sites for hydroxylation is 1. The second kappa shape index (κ2) is 4.34. The SMILES string of the molecule is Cc1cc(F)cc(-c2c(F)cccc2Br)c1. The van der Waals surface area contributed by atoms with Crippen molar-refractivity contribution in [3.8, 4) is 11.1 Å². The van der Waals surface area contributed by atoms with Gasteiger partial charge in [-0.1, -0.05) is 28.1 Å². The van der Waals surface area contributed by atoms with E-state index in [-0.39, 0.29) is 11.6 Å². The highest BCUT2D eigenvalue weighted by Gasteiger charge is 2.10. The zero-order valence-electron chi connectivity index (χ0n) is 8.60. The van der Waals surface area contributed by atoms with Gasteiger partial charge in [-0.05, 0) is 42.3 Å². The van der Waals surface area contributed by atoms with Gasteiger partial charge >= 0.3 is 0 Å². The normalized spacial score (nSPS) is 10.5. The van der Waals surface area contributed by atoms with E-state index >= 15 is 0 Å². The summed E-state index contributed by atoms with van der Waals surface area (Å²) in [5.74, 6) is -0.718. The maximum Gasteiger partial charge on any atom is 0.132 e. The fourth-order valence-corrected chi connectivity index (χ4v) is 2.23. The van der Waals surface area contributed by atoms with Crippen LogP contribution in [0.4, 0.5) is 8.78 Å². The van der Waals surface area contributed by atoms with Crippen LogP contribution in [0, 0.1) is 18.6 Å². The van der Waals surface area contributed by atoms with Crippen LogP contribution in [0.3, 0.4) is 0 Å². The van der Waals surface area contributed by atoms with Crippen molar-refractivity contribution in [3.05, 3.63) is 58.1 Å². The van der Waals surface area contributed by atoms with Gasteiger partial charge in [0.15, 0.2) is 0 Å². The molecule has 0 atom stereocenters. The average Bonchev–Trinajstić information content (AvgIpc) is 2.15. The van der Waals surface area contributed by atoms with E-state index in [9.17, 15) is 8.78 Å². The van der Waals surface area contributed by atoms with E-state index in [2.05, 4.69) is 15.9 Å². The van der Waals surface area contributed by atoms with Crippen molar-refractivity contribution in [2.75, 3.05) is 0 Å². The summed E-state index contributed by atoms with van der Waals surface area (Å²) in [5.41, 5.74) is 1.71. The molecule has 0 nitrogen and oxygen atoms in total. The van der Waals surface area contributed by atoms with Gasteiger partial charge in [0.2, 0.25) is 0 Å². The van der Waals surface area contributed by atoms with Gasteiger partial charge in [-0.15, -0.1) is 0 Å². The molecule has 0 aliphatic carbocycles. The first kappa shape index (κ1) is 11.3. The van der Waals surface area contributed by atoms with E-state index in [4.69, 9.17) is 0 Å². The molecule has 0 aliphatic heterocycles. The molecule has 0 saturated heterocycles. The highest BCUT2D eigenvalue weighted by molar-refractivity contribution is 9.10. The van der Waals surface area contributed by atoms with E-state index in [1.165, 1.54) is 18.2 Å². The summed E-state index contributed by atoms with van der Waals surface area (Å²) < 4.78 is 27.5. The third-order valence-electron chi connectivity index (χ3n) is 2.29. The lowest BCUT2D eigenvalue weighted by Gasteiger charge is -2.07. The maximum atomic E-state index is 13.6. The Hall–Kier alpha value is -1.22. The van der Waals surface area contributed by atoms with Gasteiger partial charge in [-0.2, -0.15) is 0 Å². The van der Waals surface area contributed by atoms with Gasteiger partial charge in [-0.3, -0.25) is 0 Å². The lowest BCUT2D eigenvalue weighted by Crippen LogP contribution is -1.88. The Morgan fingerprint density at radius 3 is 2.44 bits per heavy atom. The molecule has 2 aromatic rings. The quantitative estimate of drug-likeness (QED) is 0.711. The Bertz CT molecular complexity index is 495. The molecule has 16 heavy (non-hydrogen) atoms. The molecule has 0 unspecified atom stereocenters. The molecule has 0 radical (unpaired) electrons. The van der Waals surface area contributed by atoms with Crippen molar-refractivity contribution in [3.63, 3.8) is 0 Å². The van der Waals surface area contributed by atoms with Crippen molar-refractivity contribution in [1.82, 2.24) is 0 Å². The molecule has 0 aliphatic rings. The van der Waals surface area contributed by atoms with Crippen LogP contribution < -0.4 is 0 Å². The van der Waals surface area contributed by atoms with Crippen molar-refractivity contribution in [2.45, 2.75) is 6.92 Å². The van der Waals surface area contributed by atoms with E-state index < -0.39 is 0 Å². The molecule has 2 aromatic carbocycles. The van der Waals surface area contributed by atoms with Crippen molar-refractivity contribution < 1.29 is 8.78 Å². The van der Waals surface area contributed by atoms with Crippen LogP contribution >= 0.6 is 15.9 Å². The first-order valence-electron chi connectivity index (χ1n) is 4.79. The van der Waals surface area contributed by atoms with Crippen LogP contribution in [-0.2, 0) is 0 Å². The standard InChI is InChI=1S/C13H9BrF2/c1-8-5-9(7-10(15)6-8)13-11(14)3-2-4-12(13)16/h2-7H,1H3. The monoisotopic (exact) mass is 282 g/mol. The molecule has 0 heterocycles. The van der Waals surface area contributed by atoms with Crippen LogP contribution in [0.25, 0.3) is 11.1 Å². The smallest absolute Gasteiger partial charge is 0.132 e. The Balaban J connectivity index is 2.67. The minimum Gasteiger partial charge on any atom is -0.207 e. The Morgan fingerprint density at radius 2 is 1.81 bits per heavy atom. The summed E-state index contributed by atoms with van der Waals surface area (Å²) in [4.78, 5) is 0. The van der Waals surface area contributed by atoms with Gasteiger partial charge < -0.3 is 0 Å². The highest BCUT2D eigenvalue weighted by Crippen LogP contribution is 2.31. The fraction of sp³-hybridized carbons (Fsp3) is 0.0769. The van der Waals surface area contributed by atoms with Gasteiger partial charge in [0, 0.05) is 10.0 Å². The number of benzene rings is 2. The molecule has 0 fully saturated rings. The molecule has 0 bridgehead atoms. The molecule has 2 rings (SSSR count). The number of hydrogen-bond donors (Lipinski definition) is 0. The van der Waals surface area contributed by atoms with E-state index in [0.717, 1.165) is 5.56 Å². The third-order valence-corrected chi connectivity index (χ3v) is 2.95. The summed E-state index contributed by atoms with van der Waals surface area (Å²) in [5, 5.41) is 0. The van der Waals surface area contributed by atoms with Crippen molar-refractivity contribution in [1.29, 1.82) is 0 Å². The Morgan fingerprint density at radius 1 is 1.06 bits per heavy atom. The summed E-state index contributed by atoms with van der Waals surface area (Å²) in [6, 6.07) is 9.20. The first-order chi connectivity index (χ1) is 7.58. The fourth-order valence-electron chi connectivity index (χ4n) is 1.65. The molecule has 0 aromatic heterocycles. The van der Waals surface area contributed by atoms with Crippen LogP contribution in [0.1, 0.15) is 5.56 Å². The molecule has 3 heteroatoms. The van der Waals surface area contributed by atoms with Crippen LogP contribution in [0.5, 0.6) is 0 Å². The van der Waals surface area contributed by atoms with Gasteiger partial charge in [-0.25, -0.2) is 8.78 Å². The molecular weight excluding hydrogens is 274 g/mol. The zero-order chi connectivity index (χ0) is 11.7. The summed E-state index contributed by atoms with van der Waals surface area (Å²) in [6.07, 6.45) is 0. The van der Waals surface area contributed by atoms with Crippen LogP contribution in [-0.4, -0.2) is 0 Å². The molecule has 0 saturated carbocycles. The number of hydrogen-bond acceptors (Lipinski definition) is 0. The van der Waals surface area contributed by atoms with E-state index in [0.29, 0.717) is 15.6 Å². The summed E-state index contributed by atoms with van der Waals surface area (Å²) in [6.45, 7) is 1.78. The summed E-state index contributed by atoms with van der Waals surface area (Å²) >= 11 is 3.27. The van der Waals surface area contributed by atoms with Crippen LogP contribution in [0.15, 0.2) is 40.9 Å². The Labute approximate surface area is 101 Å². The third kappa shape index (κ3) is 2.14. The topological polar surface area (TPSA) is 0 Å².